The van der Waals surface area contributed by atoms with Crippen LogP contribution in [0.5, 0.6) is 0 Å². The molecule has 0 fully saturated rings. The molecule has 0 amide bonds. The van der Waals surface area contributed by atoms with Gasteiger partial charge in [0, 0.05) is 29.6 Å². The maximum absolute atomic E-state index is 10.6. The van der Waals surface area contributed by atoms with Crippen molar-refractivity contribution < 1.29 is 9.53 Å². The molecule has 0 aromatic heterocycles. The second-order valence-electron chi connectivity index (χ2n) is 3.73. The molecule has 0 atom stereocenters. The number of nitrogens with one attached hydrogen (secondary N) is 1. The Hall–Kier alpha value is -1.62. The Bertz CT molecular complexity index is 472. The van der Waals surface area contributed by atoms with Crippen molar-refractivity contribution >= 4 is 29.1 Å². The van der Waals surface area contributed by atoms with Crippen molar-refractivity contribution in [3.05, 3.63) is 29.3 Å². The average Bonchev–Trinajstić information content (AvgIpc) is 2.29. The lowest BCUT2D eigenvalue weighted by molar-refractivity contribution is -0.140. The molecule has 0 spiro atoms. The van der Waals surface area contributed by atoms with Gasteiger partial charge in [0.15, 0.2) is 0 Å². The number of carbonyl (C=O) groups is 1. The summed E-state index contributed by atoms with van der Waals surface area (Å²) in [7, 11) is 0. The van der Waals surface area contributed by atoms with Crippen molar-refractivity contribution in [1.82, 2.24) is 0 Å². The lowest BCUT2D eigenvalue weighted by atomic mass is 10.2. The first-order chi connectivity index (χ1) is 8.15. The van der Waals surface area contributed by atoms with E-state index in [-0.39, 0.29) is 5.97 Å². The summed E-state index contributed by atoms with van der Waals surface area (Å²) < 4.78 is 4.90. The molecule has 3 N–H and O–H groups in total. The number of rotatable bonds is 3. The number of hydrogen-bond acceptors (Lipinski definition) is 5. The molecule has 5 heteroatoms. The molecule has 4 nitrogen and oxygen atoms in total. The molecule has 0 saturated heterocycles. The number of fused-ring (bicyclic) bond motifs is 1. The van der Waals surface area contributed by atoms with Crippen LogP contribution in [0.3, 0.4) is 0 Å². The number of nitrogens with two attached hydrogens (primary N) is 1. The molecular formula is C12H14N2O2S. The summed E-state index contributed by atoms with van der Waals surface area (Å²) in [6.45, 7) is 1.81. The van der Waals surface area contributed by atoms with Crippen molar-refractivity contribution in [2.24, 2.45) is 0 Å². The quantitative estimate of drug-likeness (QED) is 0.637. The fraction of sp³-hybridized carbons (Fsp3) is 0.250. The average molecular weight is 250 g/mol. The summed E-state index contributed by atoms with van der Waals surface area (Å²) >= 11 is 1.62. The number of anilines is 2. The molecule has 1 heterocycles. The molecule has 0 bridgehead atoms. The van der Waals surface area contributed by atoms with Crippen LogP contribution in [0.1, 0.15) is 13.3 Å². The highest BCUT2D eigenvalue weighted by Crippen LogP contribution is 2.36. The second-order valence-corrected chi connectivity index (χ2v) is 4.64. The van der Waals surface area contributed by atoms with Gasteiger partial charge in [0.2, 0.25) is 0 Å². The number of hydrogen-bond donors (Lipinski definition) is 2. The summed E-state index contributed by atoms with van der Waals surface area (Å²) in [6, 6.07) is 5.75. The van der Waals surface area contributed by atoms with Crippen LogP contribution in [0.4, 0.5) is 11.4 Å². The van der Waals surface area contributed by atoms with Crippen LogP contribution < -0.4 is 11.1 Å². The van der Waals surface area contributed by atoms with Crippen LogP contribution in [0.2, 0.25) is 0 Å². The van der Waals surface area contributed by atoms with E-state index in [1.165, 1.54) is 6.92 Å². The fourth-order valence-electron chi connectivity index (χ4n) is 1.50. The van der Waals surface area contributed by atoms with E-state index < -0.39 is 0 Å². The minimum atomic E-state index is -0.248. The molecule has 0 unspecified atom stereocenters. The first kappa shape index (κ1) is 11.9. The third kappa shape index (κ3) is 3.17. The predicted molar refractivity (Wildman–Crippen MR) is 69.7 cm³/mol. The van der Waals surface area contributed by atoms with Crippen molar-refractivity contribution in [1.29, 1.82) is 0 Å². The van der Waals surface area contributed by atoms with Crippen molar-refractivity contribution in [2.45, 2.75) is 18.2 Å². The van der Waals surface area contributed by atoms with Gasteiger partial charge >= 0.3 is 5.97 Å². The smallest absolute Gasteiger partial charge is 0.302 e. The lowest BCUT2D eigenvalue weighted by Crippen LogP contribution is -2.08. The standard InChI is InChI=1S/C12H14N2O2S/c1-8(15)16-5-4-10-7-17-12-6-9(13)2-3-11(12)14-10/h2-3,6-7,14H,4-5,13H2,1H3. The Morgan fingerprint density at radius 2 is 2.35 bits per heavy atom. The van der Waals surface area contributed by atoms with Gasteiger partial charge in [0.25, 0.3) is 0 Å². The molecule has 0 aliphatic carbocycles. The molecule has 1 aromatic carbocycles. The first-order valence-corrected chi connectivity index (χ1v) is 6.19. The van der Waals surface area contributed by atoms with E-state index in [1.807, 2.05) is 23.6 Å². The number of ether oxygens (including phenoxy) is 1. The van der Waals surface area contributed by atoms with Crippen LogP contribution in [-0.4, -0.2) is 12.6 Å². The van der Waals surface area contributed by atoms with E-state index in [4.69, 9.17) is 10.5 Å². The SMILES string of the molecule is CC(=O)OCCC1=CSc2cc(N)ccc2N1. The molecule has 1 aromatic rings. The molecule has 90 valence electrons. The number of carbonyl (C=O) groups excluding carboxylic acids is 1. The maximum atomic E-state index is 10.6. The minimum Gasteiger partial charge on any atom is -0.465 e. The highest BCUT2D eigenvalue weighted by Gasteiger charge is 2.11. The summed E-state index contributed by atoms with van der Waals surface area (Å²) in [5.74, 6) is -0.248. The fourth-order valence-corrected chi connectivity index (χ4v) is 2.40. The van der Waals surface area contributed by atoms with Crippen molar-refractivity contribution in [3.8, 4) is 0 Å². The molecular weight excluding hydrogens is 236 g/mol. The lowest BCUT2D eigenvalue weighted by Gasteiger charge is -2.19. The van der Waals surface area contributed by atoms with Crippen molar-refractivity contribution in [2.75, 3.05) is 17.7 Å². The summed E-state index contributed by atoms with van der Waals surface area (Å²) in [5, 5.41) is 5.31. The van der Waals surface area contributed by atoms with E-state index in [9.17, 15) is 4.79 Å². The summed E-state index contributed by atoms with van der Waals surface area (Å²) in [6.07, 6.45) is 0.691. The predicted octanol–water partition coefficient (Wildman–Crippen LogP) is 2.58. The van der Waals surface area contributed by atoms with Gasteiger partial charge in [-0.2, -0.15) is 0 Å². The zero-order valence-electron chi connectivity index (χ0n) is 9.53. The van der Waals surface area contributed by atoms with Crippen molar-refractivity contribution in [3.63, 3.8) is 0 Å². The monoisotopic (exact) mass is 250 g/mol. The molecule has 2 rings (SSSR count). The van der Waals surface area contributed by atoms with Gasteiger partial charge < -0.3 is 15.8 Å². The Morgan fingerprint density at radius 3 is 3.12 bits per heavy atom. The van der Waals surface area contributed by atoms with Gasteiger partial charge in [-0.1, -0.05) is 11.8 Å². The van der Waals surface area contributed by atoms with Crippen LogP contribution in [0, 0.1) is 0 Å². The Balaban J connectivity index is 1.95. The van der Waals surface area contributed by atoms with Gasteiger partial charge in [0.1, 0.15) is 0 Å². The number of nitrogen functional groups attached to an aromatic ring is 1. The van der Waals surface area contributed by atoms with E-state index >= 15 is 0 Å². The van der Waals surface area contributed by atoms with Crippen LogP contribution in [-0.2, 0) is 9.53 Å². The van der Waals surface area contributed by atoms with E-state index in [0.717, 1.165) is 22.0 Å². The van der Waals surface area contributed by atoms with Crippen LogP contribution >= 0.6 is 11.8 Å². The Labute approximate surface area is 104 Å². The van der Waals surface area contributed by atoms with Crippen LogP contribution in [0.15, 0.2) is 34.2 Å². The van der Waals surface area contributed by atoms with Gasteiger partial charge in [-0.25, -0.2) is 0 Å². The molecule has 17 heavy (non-hydrogen) atoms. The van der Waals surface area contributed by atoms with Gasteiger partial charge in [-0.15, -0.1) is 0 Å². The first-order valence-electron chi connectivity index (χ1n) is 5.31. The number of thioether (sulfide) groups is 1. The number of esters is 1. The zero-order chi connectivity index (χ0) is 12.3. The van der Waals surface area contributed by atoms with E-state index in [1.54, 1.807) is 11.8 Å². The topological polar surface area (TPSA) is 64.3 Å². The van der Waals surface area contributed by atoms with Crippen LogP contribution in [0.25, 0.3) is 0 Å². The summed E-state index contributed by atoms with van der Waals surface area (Å²) in [5.41, 5.74) is 8.57. The third-order valence-electron chi connectivity index (χ3n) is 2.31. The Kier molecular flexibility index (Phi) is 3.58. The number of benzene rings is 1. The second kappa shape index (κ2) is 5.14. The maximum Gasteiger partial charge on any atom is 0.302 e. The Morgan fingerprint density at radius 1 is 1.53 bits per heavy atom. The minimum absolute atomic E-state index is 0.248. The molecule has 0 saturated carbocycles. The van der Waals surface area contributed by atoms with E-state index in [0.29, 0.717) is 13.0 Å². The highest BCUT2D eigenvalue weighted by molar-refractivity contribution is 8.02. The zero-order valence-corrected chi connectivity index (χ0v) is 10.3. The molecule has 0 radical (unpaired) electrons. The summed E-state index contributed by atoms with van der Waals surface area (Å²) in [4.78, 5) is 11.8. The van der Waals surface area contributed by atoms with Gasteiger partial charge in [0.05, 0.1) is 12.3 Å². The van der Waals surface area contributed by atoms with E-state index in [2.05, 4.69) is 5.32 Å². The van der Waals surface area contributed by atoms with Gasteiger partial charge in [-0.05, 0) is 23.6 Å². The molecule has 1 aliphatic heterocycles. The highest BCUT2D eigenvalue weighted by atomic mass is 32.2. The largest absolute Gasteiger partial charge is 0.465 e. The third-order valence-corrected chi connectivity index (χ3v) is 3.30. The normalized spacial score (nSPS) is 13.4. The van der Waals surface area contributed by atoms with Gasteiger partial charge in [-0.3, -0.25) is 4.79 Å². The molecule has 1 aliphatic rings.